The Hall–Kier alpha value is -2.14. The van der Waals surface area contributed by atoms with Gasteiger partial charge in [0.2, 0.25) is 0 Å². The summed E-state index contributed by atoms with van der Waals surface area (Å²) in [5.74, 6) is -0.0547. The van der Waals surface area contributed by atoms with Crippen LogP contribution >= 0.6 is 0 Å². The van der Waals surface area contributed by atoms with Crippen molar-refractivity contribution in [3.05, 3.63) is 48.3 Å². The molecule has 0 radical (unpaired) electrons. The van der Waals surface area contributed by atoms with Crippen LogP contribution in [-0.4, -0.2) is 34.8 Å². The van der Waals surface area contributed by atoms with E-state index in [1.807, 2.05) is 30.3 Å². The van der Waals surface area contributed by atoms with E-state index in [0.29, 0.717) is 5.56 Å². The number of amides is 1. The van der Waals surface area contributed by atoms with E-state index in [1.54, 1.807) is 17.1 Å². The first kappa shape index (κ1) is 12.9. The molecule has 5 heteroatoms. The van der Waals surface area contributed by atoms with Crippen molar-refractivity contribution in [2.45, 2.75) is 18.9 Å². The molecule has 0 saturated carbocycles. The molecule has 1 unspecified atom stereocenters. The van der Waals surface area contributed by atoms with Crippen LogP contribution in [0.25, 0.3) is 5.69 Å². The van der Waals surface area contributed by atoms with Gasteiger partial charge < -0.3 is 10.6 Å². The van der Waals surface area contributed by atoms with E-state index in [4.69, 9.17) is 0 Å². The summed E-state index contributed by atoms with van der Waals surface area (Å²) in [7, 11) is 0. The van der Waals surface area contributed by atoms with Gasteiger partial charge in [0.1, 0.15) is 0 Å². The van der Waals surface area contributed by atoms with Crippen LogP contribution in [0.1, 0.15) is 23.2 Å². The predicted octanol–water partition coefficient (Wildman–Crippen LogP) is 1.35. The highest BCUT2D eigenvalue weighted by Gasteiger charge is 2.17. The van der Waals surface area contributed by atoms with Gasteiger partial charge in [0.15, 0.2) is 0 Å². The summed E-state index contributed by atoms with van der Waals surface area (Å²) in [6.45, 7) is 1.89. The standard InChI is InChI=1S/C15H18N4O/c20-15(18-13-5-4-8-16-10-13)12-9-17-19(11-12)14-6-2-1-3-7-14/h1-3,6-7,9,11,13,16H,4-5,8,10H2,(H,18,20). The van der Waals surface area contributed by atoms with E-state index in [2.05, 4.69) is 15.7 Å². The Labute approximate surface area is 118 Å². The normalized spacial score (nSPS) is 18.7. The van der Waals surface area contributed by atoms with Gasteiger partial charge in [-0.2, -0.15) is 5.10 Å². The number of nitrogens with zero attached hydrogens (tertiary/aromatic N) is 2. The van der Waals surface area contributed by atoms with Crippen LogP contribution in [0, 0.1) is 0 Å². The number of rotatable bonds is 3. The second-order valence-electron chi connectivity index (χ2n) is 5.03. The van der Waals surface area contributed by atoms with E-state index < -0.39 is 0 Å². The molecule has 0 spiro atoms. The number of hydrogen-bond acceptors (Lipinski definition) is 3. The first-order chi connectivity index (χ1) is 9.83. The lowest BCUT2D eigenvalue weighted by Gasteiger charge is -2.23. The third-order valence-electron chi connectivity index (χ3n) is 3.50. The monoisotopic (exact) mass is 270 g/mol. The second-order valence-corrected chi connectivity index (χ2v) is 5.03. The van der Waals surface area contributed by atoms with Crippen molar-refractivity contribution in [3.63, 3.8) is 0 Å². The largest absolute Gasteiger partial charge is 0.348 e. The molecular weight excluding hydrogens is 252 g/mol. The lowest BCUT2D eigenvalue weighted by atomic mass is 10.1. The number of nitrogens with one attached hydrogen (secondary N) is 2. The lowest BCUT2D eigenvalue weighted by Crippen LogP contribution is -2.45. The molecular formula is C15H18N4O. The Morgan fingerprint density at radius 3 is 2.95 bits per heavy atom. The number of carbonyl (C=O) groups excluding carboxylic acids is 1. The maximum absolute atomic E-state index is 12.2. The SMILES string of the molecule is O=C(NC1CCCNC1)c1cnn(-c2ccccc2)c1. The molecule has 0 bridgehead atoms. The number of aromatic nitrogens is 2. The molecule has 0 aliphatic carbocycles. The zero-order valence-corrected chi connectivity index (χ0v) is 11.2. The second kappa shape index (κ2) is 5.88. The van der Waals surface area contributed by atoms with Gasteiger partial charge in [0.25, 0.3) is 5.91 Å². The van der Waals surface area contributed by atoms with Crippen LogP contribution in [0.3, 0.4) is 0 Å². The molecule has 3 rings (SSSR count). The minimum atomic E-state index is -0.0547. The Bertz CT molecular complexity index is 573. The van der Waals surface area contributed by atoms with E-state index in [9.17, 15) is 4.79 Å². The van der Waals surface area contributed by atoms with Gasteiger partial charge in [0.05, 0.1) is 17.4 Å². The lowest BCUT2D eigenvalue weighted by molar-refractivity contribution is 0.0930. The summed E-state index contributed by atoms with van der Waals surface area (Å²) in [5.41, 5.74) is 1.55. The van der Waals surface area contributed by atoms with Gasteiger partial charge in [-0.25, -0.2) is 4.68 Å². The van der Waals surface area contributed by atoms with Gasteiger partial charge in [-0.15, -0.1) is 0 Å². The van der Waals surface area contributed by atoms with Crippen molar-refractivity contribution < 1.29 is 4.79 Å². The third-order valence-corrected chi connectivity index (χ3v) is 3.50. The molecule has 1 aromatic heterocycles. The van der Waals surface area contributed by atoms with Gasteiger partial charge in [-0.3, -0.25) is 4.79 Å². The van der Waals surface area contributed by atoms with Crippen molar-refractivity contribution in [2.75, 3.05) is 13.1 Å². The summed E-state index contributed by atoms with van der Waals surface area (Å²) in [6, 6.07) is 9.99. The highest BCUT2D eigenvalue weighted by atomic mass is 16.1. The fourth-order valence-corrected chi connectivity index (χ4v) is 2.41. The number of hydrogen-bond donors (Lipinski definition) is 2. The summed E-state index contributed by atoms with van der Waals surface area (Å²) >= 11 is 0. The molecule has 1 amide bonds. The van der Waals surface area contributed by atoms with Crippen LogP contribution in [0.4, 0.5) is 0 Å². The number of carbonyl (C=O) groups is 1. The molecule has 5 nitrogen and oxygen atoms in total. The van der Waals surface area contributed by atoms with Gasteiger partial charge in [0, 0.05) is 18.8 Å². The predicted molar refractivity (Wildman–Crippen MR) is 76.9 cm³/mol. The first-order valence-electron chi connectivity index (χ1n) is 6.94. The summed E-state index contributed by atoms with van der Waals surface area (Å²) < 4.78 is 1.72. The average Bonchev–Trinajstić information content (AvgIpc) is 2.99. The molecule has 20 heavy (non-hydrogen) atoms. The maximum atomic E-state index is 12.2. The number of benzene rings is 1. The third kappa shape index (κ3) is 2.88. The maximum Gasteiger partial charge on any atom is 0.254 e. The van der Waals surface area contributed by atoms with E-state index >= 15 is 0 Å². The fourth-order valence-electron chi connectivity index (χ4n) is 2.41. The smallest absolute Gasteiger partial charge is 0.254 e. The highest BCUT2D eigenvalue weighted by molar-refractivity contribution is 5.94. The summed E-state index contributed by atoms with van der Waals surface area (Å²) in [5, 5.41) is 10.6. The minimum Gasteiger partial charge on any atom is -0.348 e. The molecule has 1 aliphatic rings. The van der Waals surface area contributed by atoms with E-state index in [0.717, 1.165) is 31.6 Å². The molecule has 1 aromatic carbocycles. The van der Waals surface area contributed by atoms with Crippen molar-refractivity contribution >= 4 is 5.91 Å². The van der Waals surface area contributed by atoms with Crippen molar-refractivity contribution in [1.29, 1.82) is 0 Å². The topological polar surface area (TPSA) is 59.0 Å². The summed E-state index contributed by atoms with van der Waals surface area (Å²) in [4.78, 5) is 12.2. The summed E-state index contributed by atoms with van der Waals surface area (Å²) in [6.07, 6.45) is 5.51. The van der Waals surface area contributed by atoms with E-state index in [1.165, 1.54) is 0 Å². The zero-order valence-electron chi connectivity index (χ0n) is 11.2. The highest BCUT2D eigenvalue weighted by Crippen LogP contribution is 2.08. The Morgan fingerprint density at radius 1 is 1.35 bits per heavy atom. The zero-order chi connectivity index (χ0) is 13.8. The molecule has 1 atom stereocenters. The van der Waals surface area contributed by atoms with Crippen LogP contribution < -0.4 is 10.6 Å². The van der Waals surface area contributed by atoms with Crippen LogP contribution in [-0.2, 0) is 0 Å². The Kier molecular flexibility index (Phi) is 3.78. The molecule has 1 saturated heterocycles. The quantitative estimate of drug-likeness (QED) is 0.885. The fraction of sp³-hybridized carbons (Fsp3) is 0.333. The van der Waals surface area contributed by atoms with Crippen LogP contribution in [0.5, 0.6) is 0 Å². The molecule has 1 fully saturated rings. The number of piperidine rings is 1. The Morgan fingerprint density at radius 2 is 2.20 bits per heavy atom. The van der Waals surface area contributed by atoms with Gasteiger partial charge in [-0.05, 0) is 31.5 Å². The van der Waals surface area contributed by atoms with Crippen LogP contribution in [0.15, 0.2) is 42.7 Å². The Balaban J connectivity index is 1.68. The average molecular weight is 270 g/mol. The molecule has 2 N–H and O–H groups in total. The van der Waals surface area contributed by atoms with Crippen molar-refractivity contribution in [1.82, 2.24) is 20.4 Å². The molecule has 2 heterocycles. The first-order valence-corrected chi connectivity index (χ1v) is 6.94. The molecule has 2 aromatic rings. The number of para-hydroxylation sites is 1. The van der Waals surface area contributed by atoms with Crippen LogP contribution in [0.2, 0.25) is 0 Å². The van der Waals surface area contributed by atoms with Gasteiger partial charge >= 0.3 is 0 Å². The van der Waals surface area contributed by atoms with Crippen molar-refractivity contribution in [2.24, 2.45) is 0 Å². The minimum absolute atomic E-state index is 0.0547. The van der Waals surface area contributed by atoms with E-state index in [-0.39, 0.29) is 11.9 Å². The molecule has 104 valence electrons. The van der Waals surface area contributed by atoms with Gasteiger partial charge in [-0.1, -0.05) is 18.2 Å². The van der Waals surface area contributed by atoms with Crippen molar-refractivity contribution in [3.8, 4) is 5.69 Å². The molecule has 1 aliphatic heterocycles.